The molecule has 0 radical (unpaired) electrons. The number of nitrogens with zero attached hydrogens (tertiary/aromatic N) is 5. The molecular weight excluding hydrogens is 404 g/mol. The standard InChI is InChI=1S/C24H34N6O2/c1-17-13-18(2)15-19(14-17)23(32)29-10-7-24(16-29)6-5-20-26-27-21(30(20)11-8-24)22(31)25-9-12-28(3)4/h13-15H,5-12,16H2,1-4H3,(H,25,31). The molecule has 2 aliphatic heterocycles. The Hall–Kier alpha value is -2.74. The fourth-order valence-corrected chi connectivity index (χ4v) is 5.04. The Kier molecular flexibility index (Phi) is 6.33. The second-order valence-electron chi connectivity index (χ2n) is 9.75. The van der Waals surface area contributed by atoms with Gasteiger partial charge in [0.2, 0.25) is 5.82 Å². The van der Waals surface area contributed by atoms with Gasteiger partial charge in [0.25, 0.3) is 11.8 Å². The first kappa shape index (κ1) is 22.5. The molecule has 1 saturated heterocycles. The van der Waals surface area contributed by atoms with Crippen molar-refractivity contribution in [1.29, 1.82) is 0 Å². The van der Waals surface area contributed by atoms with Crippen LogP contribution in [0.25, 0.3) is 0 Å². The monoisotopic (exact) mass is 438 g/mol. The summed E-state index contributed by atoms with van der Waals surface area (Å²) in [5, 5.41) is 11.4. The lowest BCUT2D eigenvalue weighted by Crippen LogP contribution is -2.34. The van der Waals surface area contributed by atoms with E-state index >= 15 is 0 Å². The van der Waals surface area contributed by atoms with Gasteiger partial charge in [0.05, 0.1) is 0 Å². The number of likely N-dealkylation sites (tertiary alicyclic amines) is 1. The topological polar surface area (TPSA) is 83.4 Å². The summed E-state index contributed by atoms with van der Waals surface area (Å²) in [4.78, 5) is 29.8. The van der Waals surface area contributed by atoms with E-state index in [4.69, 9.17) is 0 Å². The SMILES string of the molecule is Cc1cc(C)cc(C(=O)N2CCC3(CCc4nnc(C(=O)NCCN(C)C)n4CC3)C2)c1. The van der Waals surface area contributed by atoms with Crippen molar-refractivity contribution in [3.8, 4) is 0 Å². The van der Waals surface area contributed by atoms with Crippen molar-refractivity contribution < 1.29 is 9.59 Å². The van der Waals surface area contributed by atoms with Crippen LogP contribution in [-0.4, -0.2) is 76.7 Å². The molecule has 0 saturated carbocycles. The molecule has 8 nitrogen and oxygen atoms in total. The molecule has 4 rings (SSSR count). The Bertz CT molecular complexity index is 994. The molecule has 1 atom stereocenters. The Morgan fingerprint density at radius 3 is 2.50 bits per heavy atom. The largest absolute Gasteiger partial charge is 0.348 e. The minimum Gasteiger partial charge on any atom is -0.348 e. The fraction of sp³-hybridized carbons (Fsp3) is 0.583. The Morgan fingerprint density at radius 1 is 1.06 bits per heavy atom. The maximum absolute atomic E-state index is 13.2. The molecular formula is C24H34N6O2. The number of fused-ring (bicyclic) bond motifs is 1. The number of nitrogens with one attached hydrogen (secondary N) is 1. The van der Waals surface area contributed by atoms with Crippen molar-refractivity contribution in [2.45, 2.75) is 46.1 Å². The first-order chi connectivity index (χ1) is 15.3. The summed E-state index contributed by atoms with van der Waals surface area (Å²) in [7, 11) is 3.95. The van der Waals surface area contributed by atoms with E-state index in [-0.39, 0.29) is 17.2 Å². The normalized spacial score (nSPS) is 20.5. The number of aryl methyl sites for hydroxylation is 3. The number of carbonyl (C=O) groups is 2. The molecule has 1 fully saturated rings. The Labute approximate surface area is 190 Å². The van der Waals surface area contributed by atoms with Crippen molar-refractivity contribution in [1.82, 2.24) is 29.9 Å². The lowest BCUT2D eigenvalue weighted by Gasteiger charge is -2.27. The number of carbonyl (C=O) groups excluding carboxylic acids is 2. The quantitative estimate of drug-likeness (QED) is 0.773. The first-order valence-electron chi connectivity index (χ1n) is 11.5. The molecule has 0 bridgehead atoms. The lowest BCUT2D eigenvalue weighted by molar-refractivity contribution is 0.0767. The molecule has 2 aromatic rings. The highest BCUT2D eigenvalue weighted by Gasteiger charge is 2.41. The van der Waals surface area contributed by atoms with Crippen LogP contribution in [0.5, 0.6) is 0 Å². The smallest absolute Gasteiger partial charge is 0.289 e. The van der Waals surface area contributed by atoms with Gasteiger partial charge in [-0.05, 0) is 64.8 Å². The molecule has 8 heteroatoms. The van der Waals surface area contributed by atoms with Crippen LogP contribution >= 0.6 is 0 Å². The van der Waals surface area contributed by atoms with Crippen LogP contribution < -0.4 is 5.32 Å². The third-order valence-corrected chi connectivity index (χ3v) is 6.81. The number of aromatic nitrogens is 3. The first-order valence-corrected chi connectivity index (χ1v) is 11.5. The molecule has 0 aliphatic carbocycles. The van der Waals surface area contributed by atoms with E-state index in [1.54, 1.807) is 0 Å². The second kappa shape index (κ2) is 9.02. The summed E-state index contributed by atoms with van der Waals surface area (Å²) in [5.74, 6) is 1.23. The van der Waals surface area contributed by atoms with Crippen LogP contribution in [0.15, 0.2) is 18.2 Å². The second-order valence-corrected chi connectivity index (χ2v) is 9.75. The average Bonchev–Trinajstić information content (AvgIpc) is 3.29. The van der Waals surface area contributed by atoms with E-state index in [1.807, 2.05) is 54.4 Å². The van der Waals surface area contributed by atoms with Gasteiger partial charge in [-0.3, -0.25) is 9.59 Å². The maximum Gasteiger partial charge on any atom is 0.289 e. The Balaban J connectivity index is 1.42. The van der Waals surface area contributed by atoms with Gasteiger partial charge in [0, 0.05) is 44.7 Å². The van der Waals surface area contributed by atoms with Gasteiger partial charge in [-0.1, -0.05) is 17.2 Å². The highest BCUT2D eigenvalue weighted by Crippen LogP contribution is 2.41. The zero-order valence-corrected chi connectivity index (χ0v) is 19.6. The van der Waals surface area contributed by atoms with Crippen molar-refractivity contribution >= 4 is 11.8 Å². The summed E-state index contributed by atoms with van der Waals surface area (Å²) in [6, 6.07) is 6.06. The minimum absolute atomic E-state index is 0.0773. The van der Waals surface area contributed by atoms with E-state index < -0.39 is 0 Å². The Morgan fingerprint density at radius 2 is 1.78 bits per heavy atom. The minimum atomic E-state index is -0.167. The zero-order chi connectivity index (χ0) is 22.9. The molecule has 172 valence electrons. The maximum atomic E-state index is 13.2. The molecule has 3 heterocycles. The van der Waals surface area contributed by atoms with Crippen LogP contribution in [-0.2, 0) is 13.0 Å². The van der Waals surface area contributed by atoms with Gasteiger partial charge in [0.1, 0.15) is 5.82 Å². The molecule has 1 aromatic carbocycles. The third kappa shape index (κ3) is 4.70. The highest BCUT2D eigenvalue weighted by atomic mass is 16.2. The van der Waals surface area contributed by atoms with Gasteiger partial charge in [-0.15, -0.1) is 10.2 Å². The van der Waals surface area contributed by atoms with Crippen LogP contribution in [0, 0.1) is 19.3 Å². The number of amides is 2. The summed E-state index contributed by atoms with van der Waals surface area (Å²) in [5.41, 5.74) is 3.09. The zero-order valence-electron chi connectivity index (χ0n) is 19.6. The van der Waals surface area contributed by atoms with E-state index in [9.17, 15) is 9.59 Å². The van der Waals surface area contributed by atoms with E-state index in [0.717, 1.165) is 67.8 Å². The predicted molar refractivity (Wildman–Crippen MR) is 123 cm³/mol. The number of benzene rings is 1. The predicted octanol–water partition coefficient (Wildman–Crippen LogP) is 2.06. The summed E-state index contributed by atoms with van der Waals surface area (Å²) in [6.07, 6.45) is 3.66. The number of hydrogen-bond donors (Lipinski definition) is 1. The van der Waals surface area contributed by atoms with Crippen molar-refractivity contribution in [2.24, 2.45) is 5.41 Å². The van der Waals surface area contributed by atoms with Gasteiger partial charge in [-0.2, -0.15) is 0 Å². The molecule has 1 N–H and O–H groups in total. The lowest BCUT2D eigenvalue weighted by atomic mass is 9.80. The van der Waals surface area contributed by atoms with Crippen LogP contribution in [0.2, 0.25) is 0 Å². The molecule has 1 aromatic heterocycles. The summed E-state index contributed by atoms with van der Waals surface area (Å²) in [6.45, 7) is 7.68. The molecule has 32 heavy (non-hydrogen) atoms. The van der Waals surface area contributed by atoms with Crippen LogP contribution in [0.1, 0.15) is 57.2 Å². The molecule has 1 unspecified atom stereocenters. The van der Waals surface area contributed by atoms with E-state index in [2.05, 4.69) is 21.6 Å². The number of likely N-dealkylation sites (N-methyl/N-ethyl adjacent to an activating group) is 1. The van der Waals surface area contributed by atoms with Crippen molar-refractivity contribution in [3.05, 3.63) is 46.5 Å². The summed E-state index contributed by atoms with van der Waals surface area (Å²) >= 11 is 0. The number of hydrogen-bond acceptors (Lipinski definition) is 5. The molecule has 2 amide bonds. The van der Waals surface area contributed by atoms with Crippen LogP contribution in [0.4, 0.5) is 0 Å². The number of rotatable bonds is 5. The fourth-order valence-electron chi connectivity index (χ4n) is 5.04. The van der Waals surface area contributed by atoms with Gasteiger partial charge in [0.15, 0.2) is 0 Å². The van der Waals surface area contributed by atoms with Gasteiger partial charge in [-0.25, -0.2) is 0 Å². The summed E-state index contributed by atoms with van der Waals surface area (Å²) < 4.78 is 1.98. The molecule has 1 spiro atoms. The van der Waals surface area contributed by atoms with E-state index in [0.29, 0.717) is 18.9 Å². The van der Waals surface area contributed by atoms with Crippen LogP contribution in [0.3, 0.4) is 0 Å². The van der Waals surface area contributed by atoms with Crippen molar-refractivity contribution in [2.75, 3.05) is 40.3 Å². The third-order valence-electron chi connectivity index (χ3n) is 6.81. The van der Waals surface area contributed by atoms with Crippen molar-refractivity contribution in [3.63, 3.8) is 0 Å². The average molecular weight is 439 g/mol. The molecule has 2 aliphatic rings. The highest BCUT2D eigenvalue weighted by molar-refractivity contribution is 5.95. The van der Waals surface area contributed by atoms with E-state index in [1.165, 1.54) is 0 Å². The van der Waals surface area contributed by atoms with Gasteiger partial charge < -0.3 is 19.7 Å². The van der Waals surface area contributed by atoms with Gasteiger partial charge >= 0.3 is 0 Å².